The summed E-state index contributed by atoms with van der Waals surface area (Å²) in [5.41, 5.74) is 0. The molecule has 0 atom stereocenters. The van der Waals surface area contributed by atoms with E-state index in [-0.39, 0.29) is 0 Å². The van der Waals surface area contributed by atoms with Crippen LogP contribution in [0.25, 0.3) is 0 Å². The van der Waals surface area contributed by atoms with Crippen LogP contribution >= 0.6 is 11.3 Å². The molecule has 0 aliphatic carbocycles. The van der Waals surface area contributed by atoms with Crippen LogP contribution in [-0.2, 0) is 4.74 Å². The number of nitrogens with zero attached hydrogens (tertiary/aromatic N) is 2. The maximum Gasteiger partial charge on any atom is 0.180 e. The topological polar surface area (TPSA) is 52.1 Å². The van der Waals surface area contributed by atoms with Crippen LogP contribution in [-0.4, -0.2) is 29.7 Å². The lowest BCUT2D eigenvalue weighted by Crippen LogP contribution is -2.13. The molecule has 1 aromatic heterocycles. The molecule has 0 aromatic carbocycles. The van der Waals surface area contributed by atoms with Crippen molar-refractivity contribution in [3.63, 3.8) is 0 Å². The molecule has 0 radical (unpaired) electrons. The highest BCUT2D eigenvalue weighted by molar-refractivity contribution is 7.12. The number of hydrogen-bond donors (Lipinski definition) is 0. The zero-order chi connectivity index (χ0) is 9.10. The van der Waals surface area contributed by atoms with Crippen LogP contribution in [0.1, 0.15) is 33.6 Å². The molecule has 1 aliphatic rings. The molecule has 0 unspecified atom stereocenters. The van der Waals surface area contributed by atoms with Gasteiger partial charge in [-0.15, -0.1) is 10.2 Å². The Hall–Kier alpha value is -0.810. The summed E-state index contributed by atoms with van der Waals surface area (Å²) in [6.45, 7) is 1.58. The van der Waals surface area contributed by atoms with Crippen molar-refractivity contribution in [2.45, 2.75) is 18.8 Å². The van der Waals surface area contributed by atoms with Crippen LogP contribution in [0.4, 0.5) is 0 Å². The fraction of sp³-hybridized carbons (Fsp3) is 0.625. The Labute approximate surface area is 79.9 Å². The van der Waals surface area contributed by atoms with Gasteiger partial charge in [-0.25, -0.2) is 0 Å². The minimum Gasteiger partial charge on any atom is -0.381 e. The summed E-state index contributed by atoms with van der Waals surface area (Å²) in [7, 11) is 0. The molecular weight excluding hydrogens is 188 g/mol. The first-order valence-electron chi connectivity index (χ1n) is 4.26. The van der Waals surface area contributed by atoms with E-state index in [1.54, 1.807) is 0 Å². The summed E-state index contributed by atoms with van der Waals surface area (Å²) in [4.78, 5) is 10.4. The zero-order valence-electron chi connectivity index (χ0n) is 7.10. The molecule has 0 bridgehead atoms. The number of rotatable bonds is 2. The van der Waals surface area contributed by atoms with E-state index in [9.17, 15) is 4.79 Å². The first-order valence-corrected chi connectivity index (χ1v) is 5.08. The van der Waals surface area contributed by atoms with Gasteiger partial charge in [0.05, 0.1) is 0 Å². The summed E-state index contributed by atoms with van der Waals surface area (Å²) in [6.07, 6.45) is 2.74. The van der Waals surface area contributed by atoms with E-state index in [0.29, 0.717) is 10.9 Å². The minimum atomic E-state index is 0.444. The predicted octanol–water partition coefficient (Wildman–Crippen LogP) is 1.24. The van der Waals surface area contributed by atoms with Crippen LogP contribution in [0.2, 0.25) is 0 Å². The maximum atomic E-state index is 10.4. The third kappa shape index (κ3) is 1.92. The smallest absolute Gasteiger partial charge is 0.180 e. The van der Waals surface area contributed by atoms with Gasteiger partial charge < -0.3 is 4.74 Å². The van der Waals surface area contributed by atoms with Gasteiger partial charge in [0.1, 0.15) is 5.01 Å². The van der Waals surface area contributed by atoms with Crippen molar-refractivity contribution in [1.29, 1.82) is 0 Å². The van der Waals surface area contributed by atoms with Crippen molar-refractivity contribution in [2.75, 3.05) is 13.2 Å². The lowest BCUT2D eigenvalue weighted by atomic mass is 10.0. The molecule has 0 N–H and O–H groups in total. The first-order chi connectivity index (χ1) is 6.40. The molecular formula is C8H10N2O2S. The van der Waals surface area contributed by atoms with Gasteiger partial charge in [0.15, 0.2) is 11.3 Å². The number of aldehydes is 1. The molecule has 0 spiro atoms. The number of ether oxygens (including phenoxy) is 1. The van der Waals surface area contributed by atoms with E-state index in [0.717, 1.165) is 37.3 Å². The highest BCUT2D eigenvalue weighted by atomic mass is 32.1. The standard InChI is InChI=1S/C8H10N2O2S/c11-5-7-9-10-8(13-7)6-1-3-12-4-2-6/h5-6H,1-4H2. The molecule has 2 rings (SSSR count). The molecule has 1 fully saturated rings. The third-order valence-electron chi connectivity index (χ3n) is 2.13. The largest absolute Gasteiger partial charge is 0.381 e. The number of carbonyl (C=O) groups excluding carboxylic acids is 1. The highest BCUT2D eigenvalue weighted by Gasteiger charge is 2.19. The van der Waals surface area contributed by atoms with E-state index in [4.69, 9.17) is 4.74 Å². The Morgan fingerprint density at radius 2 is 2.15 bits per heavy atom. The third-order valence-corrected chi connectivity index (χ3v) is 3.14. The molecule has 2 heterocycles. The molecule has 5 heteroatoms. The quantitative estimate of drug-likeness (QED) is 0.671. The zero-order valence-corrected chi connectivity index (χ0v) is 7.92. The van der Waals surface area contributed by atoms with Crippen molar-refractivity contribution in [1.82, 2.24) is 10.2 Å². The van der Waals surface area contributed by atoms with Gasteiger partial charge >= 0.3 is 0 Å². The lowest BCUT2D eigenvalue weighted by molar-refractivity contribution is 0.0851. The number of hydrogen-bond acceptors (Lipinski definition) is 5. The fourth-order valence-corrected chi connectivity index (χ4v) is 2.23. The lowest BCUT2D eigenvalue weighted by Gasteiger charge is -2.18. The van der Waals surface area contributed by atoms with Crippen LogP contribution in [0.5, 0.6) is 0 Å². The molecule has 1 aromatic rings. The van der Waals surface area contributed by atoms with Gasteiger partial charge in [-0.2, -0.15) is 0 Å². The van der Waals surface area contributed by atoms with Gasteiger partial charge in [0.25, 0.3) is 0 Å². The van der Waals surface area contributed by atoms with Crippen LogP contribution in [0, 0.1) is 0 Å². The first kappa shape index (κ1) is 8.77. The second-order valence-corrected chi connectivity index (χ2v) is 4.02. The van der Waals surface area contributed by atoms with Crippen molar-refractivity contribution in [3.8, 4) is 0 Å². The molecule has 0 saturated carbocycles. The summed E-state index contributed by atoms with van der Waals surface area (Å²) < 4.78 is 5.24. The predicted molar refractivity (Wildman–Crippen MR) is 48.1 cm³/mol. The van der Waals surface area contributed by atoms with E-state index in [1.165, 1.54) is 11.3 Å². The SMILES string of the molecule is O=Cc1nnc(C2CCOCC2)s1. The van der Waals surface area contributed by atoms with Crippen molar-refractivity contribution in [2.24, 2.45) is 0 Å². The number of carbonyl (C=O) groups is 1. The summed E-state index contributed by atoms with van der Waals surface area (Å²) in [5, 5.41) is 9.21. The monoisotopic (exact) mass is 198 g/mol. The Balaban J connectivity index is 2.09. The summed E-state index contributed by atoms with van der Waals surface area (Å²) >= 11 is 1.39. The summed E-state index contributed by atoms with van der Waals surface area (Å²) in [6, 6.07) is 0. The van der Waals surface area contributed by atoms with Crippen LogP contribution < -0.4 is 0 Å². The average Bonchev–Trinajstić information content (AvgIpc) is 2.67. The van der Waals surface area contributed by atoms with Gasteiger partial charge in [0.2, 0.25) is 0 Å². The van der Waals surface area contributed by atoms with E-state index in [2.05, 4.69) is 10.2 Å². The maximum absolute atomic E-state index is 10.4. The Morgan fingerprint density at radius 1 is 1.38 bits per heavy atom. The highest BCUT2D eigenvalue weighted by Crippen LogP contribution is 2.28. The van der Waals surface area contributed by atoms with Gasteiger partial charge in [-0.3, -0.25) is 4.79 Å². The molecule has 1 aliphatic heterocycles. The fourth-order valence-electron chi connectivity index (χ4n) is 1.40. The Morgan fingerprint density at radius 3 is 2.77 bits per heavy atom. The second kappa shape index (κ2) is 3.93. The summed E-state index contributed by atoms with van der Waals surface area (Å²) in [5.74, 6) is 0.444. The molecule has 1 saturated heterocycles. The van der Waals surface area contributed by atoms with Crippen molar-refractivity contribution >= 4 is 17.6 Å². The van der Waals surface area contributed by atoms with Gasteiger partial charge in [-0.05, 0) is 12.8 Å². The molecule has 0 amide bonds. The Bertz CT molecular complexity index is 294. The van der Waals surface area contributed by atoms with Crippen molar-refractivity contribution < 1.29 is 9.53 Å². The van der Waals surface area contributed by atoms with Crippen LogP contribution in [0.3, 0.4) is 0 Å². The minimum absolute atomic E-state index is 0.444. The van der Waals surface area contributed by atoms with E-state index < -0.39 is 0 Å². The molecule has 70 valence electrons. The van der Waals surface area contributed by atoms with Crippen molar-refractivity contribution in [3.05, 3.63) is 10.0 Å². The van der Waals surface area contributed by atoms with Gasteiger partial charge in [-0.1, -0.05) is 11.3 Å². The Kier molecular flexibility index (Phi) is 2.65. The molecule has 13 heavy (non-hydrogen) atoms. The molecule has 4 nitrogen and oxygen atoms in total. The normalized spacial score (nSPS) is 18.8. The van der Waals surface area contributed by atoms with E-state index in [1.807, 2.05) is 0 Å². The second-order valence-electron chi connectivity index (χ2n) is 2.98. The number of aromatic nitrogens is 2. The van der Waals surface area contributed by atoms with Gasteiger partial charge in [0, 0.05) is 19.1 Å². The van der Waals surface area contributed by atoms with E-state index >= 15 is 0 Å². The average molecular weight is 198 g/mol. The van der Waals surface area contributed by atoms with Crippen LogP contribution in [0.15, 0.2) is 0 Å².